The molecular formula is C13H26O3S. The van der Waals surface area contributed by atoms with E-state index in [0.717, 1.165) is 45.3 Å². The maximum absolute atomic E-state index is 11.1. The molecule has 0 rings (SSSR count). The summed E-state index contributed by atoms with van der Waals surface area (Å²) >= 11 is 4.00. The molecular weight excluding hydrogens is 236 g/mol. The van der Waals surface area contributed by atoms with Gasteiger partial charge in [-0.25, -0.2) is 0 Å². The highest BCUT2D eigenvalue weighted by molar-refractivity contribution is 7.81. The van der Waals surface area contributed by atoms with Crippen LogP contribution in [0.2, 0.25) is 0 Å². The molecule has 0 heterocycles. The highest BCUT2D eigenvalue weighted by atomic mass is 32.1. The fraction of sp³-hybridized carbons (Fsp3) is 0.923. The maximum atomic E-state index is 11.1. The van der Waals surface area contributed by atoms with Gasteiger partial charge in [-0.15, -0.1) is 0 Å². The summed E-state index contributed by atoms with van der Waals surface area (Å²) in [5.74, 6) is -0.226. The Morgan fingerprint density at radius 3 is 2.24 bits per heavy atom. The summed E-state index contributed by atoms with van der Waals surface area (Å²) in [6.45, 7) is 6.14. The van der Waals surface area contributed by atoms with Crippen LogP contribution >= 0.6 is 12.6 Å². The average molecular weight is 262 g/mol. The lowest BCUT2D eigenvalue weighted by Crippen LogP contribution is -2.15. The number of rotatable bonds is 11. The Bertz CT molecular complexity index is 184. The summed E-state index contributed by atoms with van der Waals surface area (Å²) < 4.78 is 10.5. The molecule has 0 bridgehead atoms. The van der Waals surface area contributed by atoms with Crippen molar-refractivity contribution in [3.63, 3.8) is 0 Å². The fourth-order valence-electron chi connectivity index (χ4n) is 1.30. The van der Waals surface area contributed by atoms with Crippen molar-refractivity contribution < 1.29 is 14.3 Å². The Morgan fingerprint density at radius 1 is 1.06 bits per heavy atom. The van der Waals surface area contributed by atoms with Gasteiger partial charge in [0.1, 0.15) is 0 Å². The average Bonchev–Trinajstić information content (AvgIpc) is 2.31. The van der Waals surface area contributed by atoms with Crippen molar-refractivity contribution in [2.45, 2.75) is 57.6 Å². The quantitative estimate of drug-likeness (QED) is 0.353. The third kappa shape index (κ3) is 12.0. The van der Waals surface area contributed by atoms with Gasteiger partial charge in [-0.2, -0.15) is 12.6 Å². The molecule has 0 N–H and O–H groups in total. The van der Waals surface area contributed by atoms with Crippen LogP contribution in [0, 0.1) is 0 Å². The van der Waals surface area contributed by atoms with E-state index < -0.39 is 0 Å². The summed E-state index contributed by atoms with van der Waals surface area (Å²) in [6, 6.07) is 0. The first-order valence-corrected chi connectivity index (χ1v) is 7.12. The number of ether oxygens (including phenoxy) is 2. The van der Waals surface area contributed by atoms with Crippen molar-refractivity contribution in [2.24, 2.45) is 0 Å². The van der Waals surface area contributed by atoms with Crippen molar-refractivity contribution >= 4 is 18.6 Å². The number of esters is 1. The third-order valence-electron chi connectivity index (χ3n) is 2.41. The van der Waals surface area contributed by atoms with Crippen LogP contribution in [0.4, 0.5) is 0 Å². The topological polar surface area (TPSA) is 35.5 Å². The van der Waals surface area contributed by atoms with Crippen LogP contribution in [0.1, 0.15) is 52.4 Å². The zero-order valence-corrected chi connectivity index (χ0v) is 12.0. The maximum Gasteiger partial charge on any atom is 0.318 e. The lowest BCUT2D eigenvalue weighted by molar-refractivity contribution is -0.142. The van der Waals surface area contributed by atoms with Crippen LogP contribution in [0.25, 0.3) is 0 Å². The zero-order chi connectivity index (χ0) is 12.9. The summed E-state index contributed by atoms with van der Waals surface area (Å²) in [7, 11) is 0. The molecule has 0 radical (unpaired) electrons. The first-order chi connectivity index (χ1) is 8.18. The standard InChI is InChI=1S/C13H26O3S/c1-3-4-9-15-10-7-5-6-8-11-16-13(14)12(2)17/h12,17H,3-11H2,1-2H3. The smallest absolute Gasteiger partial charge is 0.318 e. The van der Waals surface area contributed by atoms with Crippen molar-refractivity contribution in [3.05, 3.63) is 0 Å². The van der Waals surface area contributed by atoms with Gasteiger partial charge in [0.25, 0.3) is 0 Å². The van der Waals surface area contributed by atoms with Crippen LogP contribution in [-0.2, 0) is 14.3 Å². The van der Waals surface area contributed by atoms with Crippen molar-refractivity contribution in [2.75, 3.05) is 19.8 Å². The van der Waals surface area contributed by atoms with E-state index in [1.54, 1.807) is 6.92 Å². The first-order valence-electron chi connectivity index (χ1n) is 6.61. The monoisotopic (exact) mass is 262 g/mol. The van der Waals surface area contributed by atoms with E-state index >= 15 is 0 Å². The zero-order valence-electron chi connectivity index (χ0n) is 11.1. The Balaban J connectivity index is 3.06. The molecule has 17 heavy (non-hydrogen) atoms. The van der Waals surface area contributed by atoms with Gasteiger partial charge in [-0.05, 0) is 32.6 Å². The fourth-order valence-corrected chi connectivity index (χ4v) is 1.38. The van der Waals surface area contributed by atoms with Gasteiger partial charge >= 0.3 is 5.97 Å². The normalized spacial score (nSPS) is 12.4. The van der Waals surface area contributed by atoms with E-state index in [1.807, 2.05) is 0 Å². The molecule has 0 aliphatic carbocycles. The molecule has 0 aromatic carbocycles. The summed E-state index contributed by atoms with van der Waals surface area (Å²) in [6.07, 6.45) is 6.60. The van der Waals surface area contributed by atoms with Gasteiger partial charge in [0.05, 0.1) is 11.9 Å². The van der Waals surface area contributed by atoms with Gasteiger partial charge in [0.2, 0.25) is 0 Å². The number of hydrogen-bond acceptors (Lipinski definition) is 4. The van der Waals surface area contributed by atoms with E-state index in [0.29, 0.717) is 6.61 Å². The number of carbonyl (C=O) groups is 1. The second kappa shape index (κ2) is 12.2. The molecule has 0 aromatic heterocycles. The van der Waals surface area contributed by atoms with Gasteiger partial charge in [-0.3, -0.25) is 4.79 Å². The van der Waals surface area contributed by atoms with Crippen molar-refractivity contribution in [1.29, 1.82) is 0 Å². The number of unbranched alkanes of at least 4 members (excludes halogenated alkanes) is 4. The second-order valence-electron chi connectivity index (χ2n) is 4.22. The van der Waals surface area contributed by atoms with Crippen LogP contribution in [0.5, 0.6) is 0 Å². The second-order valence-corrected chi connectivity index (χ2v) is 5.00. The van der Waals surface area contributed by atoms with Crippen molar-refractivity contribution in [1.82, 2.24) is 0 Å². The van der Waals surface area contributed by atoms with Crippen molar-refractivity contribution in [3.8, 4) is 0 Å². The Kier molecular flexibility index (Phi) is 12.1. The van der Waals surface area contributed by atoms with Gasteiger partial charge in [0, 0.05) is 13.2 Å². The van der Waals surface area contributed by atoms with E-state index in [9.17, 15) is 4.79 Å². The molecule has 0 aliphatic heterocycles. The van der Waals surface area contributed by atoms with Gasteiger partial charge in [0.15, 0.2) is 0 Å². The molecule has 1 unspecified atom stereocenters. The lowest BCUT2D eigenvalue weighted by atomic mass is 10.2. The number of carbonyl (C=O) groups excluding carboxylic acids is 1. The van der Waals surface area contributed by atoms with E-state index in [4.69, 9.17) is 9.47 Å². The Morgan fingerprint density at radius 2 is 1.65 bits per heavy atom. The summed E-state index contributed by atoms with van der Waals surface area (Å²) in [5.41, 5.74) is 0. The Labute approximate surface area is 111 Å². The molecule has 1 atom stereocenters. The molecule has 0 fully saturated rings. The summed E-state index contributed by atoms with van der Waals surface area (Å²) in [5, 5.41) is -0.318. The predicted octanol–water partition coefficient (Wildman–Crippen LogP) is 3.23. The molecule has 3 nitrogen and oxygen atoms in total. The molecule has 0 amide bonds. The number of thiol groups is 1. The third-order valence-corrected chi connectivity index (χ3v) is 2.62. The molecule has 0 saturated heterocycles. The molecule has 0 spiro atoms. The molecule has 0 aromatic rings. The molecule has 0 saturated carbocycles. The minimum absolute atomic E-state index is 0.226. The predicted molar refractivity (Wildman–Crippen MR) is 73.6 cm³/mol. The molecule has 4 heteroatoms. The Hall–Kier alpha value is -0.220. The van der Waals surface area contributed by atoms with Crippen LogP contribution in [-0.4, -0.2) is 31.0 Å². The first kappa shape index (κ1) is 16.8. The van der Waals surface area contributed by atoms with Crippen LogP contribution in [0.15, 0.2) is 0 Å². The van der Waals surface area contributed by atoms with Crippen LogP contribution < -0.4 is 0 Å². The van der Waals surface area contributed by atoms with E-state index in [1.165, 1.54) is 6.42 Å². The highest BCUT2D eigenvalue weighted by Crippen LogP contribution is 2.03. The largest absolute Gasteiger partial charge is 0.465 e. The molecule has 0 aliphatic rings. The summed E-state index contributed by atoms with van der Waals surface area (Å²) in [4.78, 5) is 11.1. The van der Waals surface area contributed by atoms with Crippen LogP contribution in [0.3, 0.4) is 0 Å². The minimum Gasteiger partial charge on any atom is -0.465 e. The minimum atomic E-state index is -0.318. The van der Waals surface area contributed by atoms with Gasteiger partial charge < -0.3 is 9.47 Å². The SMILES string of the molecule is CCCCOCCCCCCOC(=O)C(C)S. The van der Waals surface area contributed by atoms with Gasteiger partial charge in [-0.1, -0.05) is 19.8 Å². The van der Waals surface area contributed by atoms with E-state index in [2.05, 4.69) is 19.6 Å². The molecule has 102 valence electrons. The highest BCUT2D eigenvalue weighted by Gasteiger charge is 2.07. The van der Waals surface area contributed by atoms with E-state index in [-0.39, 0.29) is 11.2 Å². The number of hydrogen-bond donors (Lipinski definition) is 1. The lowest BCUT2D eigenvalue weighted by Gasteiger charge is -2.06.